The van der Waals surface area contributed by atoms with Crippen LogP contribution in [0.4, 0.5) is 13.2 Å². The number of hydrogen-bond acceptors (Lipinski definition) is 4. The molecule has 1 aromatic carbocycles. The van der Waals surface area contributed by atoms with E-state index in [-0.39, 0.29) is 17.9 Å². The lowest BCUT2D eigenvalue weighted by Crippen LogP contribution is -2.38. The number of halogens is 3. The zero-order valence-corrected chi connectivity index (χ0v) is 13.1. The first-order valence-electron chi connectivity index (χ1n) is 7.08. The van der Waals surface area contributed by atoms with Gasteiger partial charge in [-0.15, -0.1) is 0 Å². The molecule has 1 heterocycles. The molecule has 0 aliphatic carbocycles. The molecule has 0 aliphatic heterocycles. The van der Waals surface area contributed by atoms with E-state index in [1.807, 2.05) is 0 Å². The minimum absolute atomic E-state index is 0.0569. The van der Waals surface area contributed by atoms with E-state index >= 15 is 0 Å². The Kier molecular flexibility index (Phi) is 5.23. The van der Waals surface area contributed by atoms with Gasteiger partial charge in [-0.25, -0.2) is 4.98 Å². The topological polar surface area (TPSA) is 75.3 Å². The molecule has 6 nitrogen and oxygen atoms in total. The first kappa shape index (κ1) is 17.9. The molecule has 1 atom stereocenters. The molecule has 130 valence electrons. The predicted octanol–water partition coefficient (Wildman–Crippen LogP) is 1.85. The number of amides is 1. The molecule has 1 N–H and O–H groups in total. The number of H-pyrrole nitrogens is 1. The summed E-state index contributed by atoms with van der Waals surface area (Å²) in [5, 5.41) is 0.414. The Balaban J connectivity index is 2.07. The number of benzene rings is 1. The first-order chi connectivity index (χ1) is 11.2. The largest absolute Gasteiger partial charge is 0.411 e. The lowest BCUT2D eigenvalue weighted by atomic mass is 10.2. The summed E-state index contributed by atoms with van der Waals surface area (Å²) in [6, 6.07) is 6.70. The first-order valence-corrected chi connectivity index (χ1v) is 7.08. The van der Waals surface area contributed by atoms with Gasteiger partial charge < -0.3 is 14.6 Å². The van der Waals surface area contributed by atoms with Crippen LogP contribution in [0.15, 0.2) is 29.1 Å². The zero-order chi connectivity index (χ0) is 17.9. The second kappa shape index (κ2) is 7.00. The summed E-state index contributed by atoms with van der Waals surface area (Å²) < 4.78 is 40.9. The number of nitrogens with one attached hydrogen (secondary N) is 1. The average molecular weight is 343 g/mol. The summed E-state index contributed by atoms with van der Waals surface area (Å²) in [4.78, 5) is 31.9. The van der Waals surface area contributed by atoms with Crippen LogP contribution in [0.2, 0.25) is 0 Å². The van der Waals surface area contributed by atoms with Crippen molar-refractivity contribution in [2.45, 2.75) is 25.7 Å². The van der Waals surface area contributed by atoms with Crippen LogP contribution in [-0.4, -0.2) is 46.7 Å². The Morgan fingerprint density at radius 1 is 1.38 bits per heavy atom. The highest BCUT2D eigenvalue weighted by molar-refractivity contribution is 5.80. The van der Waals surface area contributed by atoms with Crippen molar-refractivity contribution in [3.05, 3.63) is 40.4 Å². The van der Waals surface area contributed by atoms with Gasteiger partial charge in [0.05, 0.1) is 17.4 Å². The fourth-order valence-electron chi connectivity index (χ4n) is 2.11. The van der Waals surface area contributed by atoms with Gasteiger partial charge in [-0.05, 0) is 19.1 Å². The van der Waals surface area contributed by atoms with Crippen LogP contribution in [0.25, 0.3) is 10.9 Å². The predicted molar refractivity (Wildman–Crippen MR) is 80.3 cm³/mol. The number of likely N-dealkylation sites (N-methyl/N-ethyl adjacent to an activating group) is 1. The van der Waals surface area contributed by atoms with Gasteiger partial charge >= 0.3 is 6.18 Å². The lowest BCUT2D eigenvalue weighted by Gasteiger charge is -2.21. The van der Waals surface area contributed by atoms with Crippen molar-refractivity contribution in [2.75, 3.05) is 13.7 Å². The molecule has 1 unspecified atom stereocenters. The fraction of sp³-hybridized carbons (Fsp3) is 0.400. The molecule has 0 aliphatic rings. The van der Waals surface area contributed by atoms with E-state index in [0.717, 1.165) is 4.90 Å². The average Bonchev–Trinajstić information content (AvgIpc) is 2.51. The quantitative estimate of drug-likeness (QED) is 0.899. The Hall–Kier alpha value is -2.42. The van der Waals surface area contributed by atoms with Gasteiger partial charge in [0.2, 0.25) is 0 Å². The number of para-hydroxylation sites is 1. The molecule has 1 aromatic heterocycles. The normalized spacial score (nSPS) is 13.0. The second-order valence-corrected chi connectivity index (χ2v) is 5.29. The molecule has 0 saturated heterocycles. The highest BCUT2D eigenvalue weighted by Gasteiger charge is 2.30. The van der Waals surface area contributed by atoms with Gasteiger partial charge in [0.15, 0.2) is 0 Å². The molecule has 0 radical (unpaired) electrons. The molecule has 1 amide bonds. The SMILES string of the molecule is CC(OCC(F)(F)F)C(=O)N(C)Cc1nc2ccccc2c(=O)[nH]1. The number of carbonyl (C=O) groups is 1. The summed E-state index contributed by atoms with van der Waals surface area (Å²) in [7, 11) is 1.39. The monoisotopic (exact) mass is 343 g/mol. The molecule has 0 bridgehead atoms. The third-order valence-corrected chi connectivity index (χ3v) is 3.27. The minimum atomic E-state index is -4.50. The smallest absolute Gasteiger partial charge is 0.359 e. The Morgan fingerprint density at radius 3 is 2.71 bits per heavy atom. The van der Waals surface area contributed by atoms with Crippen molar-refractivity contribution < 1.29 is 22.7 Å². The van der Waals surface area contributed by atoms with Crippen molar-refractivity contribution in [1.29, 1.82) is 0 Å². The maximum absolute atomic E-state index is 12.1. The minimum Gasteiger partial charge on any atom is -0.359 e. The highest BCUT2D eigenvalue weighted by atomic mass is 19.4. The Labute approximate surface area is 135 Å². The van der Waals surface area contributed by atoms with Gasteiger partial charge in [0, 0.05) is 7.05 Å². The van der Waals surface area contributed by atoms with E-state index in [1.165, 1.54) is 14.0 Å². The number of aromatic amines is 1. The molecule has 2 aromatic rings. The van der Waals surface area contributed by atoms with E-state index in [1.54, 1.807) is 24.3 Å². The van der Waals surface area contributed by atoms with Gasteiger partial charge in [0.25, 0.3) is 11.5 Å². The van der Waals surface area contributed by atoms with E-state index < -0.39 is 24.8 Å². The summed E-state index contributed by atoms with van der Waals surface area (Å²) in [6.45, 7) is -0.321. The maximum atomic E-state index is 12.1. The molecule has 0 spiro atoms. The number of ether oxygens (including phenoxy) is 1. The van der Waals surface area contributed by atoms with Crippen LogP contribution >= 0.6 is 0 Å². The Bertz CT molecular complexity index is 789. The number of fused-ring (bicyclic) bond motifs is 1. The van der Waals surface area contributed by atoms with E-state index in [4.69, 9.17) is 0 Å². The third-order valence-electron chi connectivity index (χ3n) is 3.27. The molecule has 9 heteroatoms. The van der Waals surface area contributed by atoms with Gasteiger partial charge in [-0.2, -0.15) is 13.2 Å². The summed E-state index contributed by atoms with van der Waals surface area (Å²) >= 11 is 0. The maximum Gasteiger partial charge on any atom is 0.411 e. The van der Waals surface area contributed by atoms with Crippen LogP contribution in [-0.2, 0) is 16.1 Å². The number of aromatic nitrogens is 2. The zero-order valence-electron chi connectivity index (χ0n) is 13.1. The van der Waals surface area contributed by atoms with Crippen LogP contribution in [0.1, 0.15) is 12.7 Å². The number of carbonyl (C=O) groups excluding carboxylic acids is 1. The molecule has 0 fully saturated rings. The van der Waals surface area contributed by atoms with Gasteiger partial charge in [-0.1, -0.05) is 12.1 Å². The van der Waals surface area contributed by atoms with E-state index in [2.05, 4.69) is 14.7 Å². The lowest BCUT2D eigenvalue weighted by molar-refractivity contribution is -0.188. The van der Waals surface area contributed by atoms with Crippen LogP contribution < -0.4 is 5.56 Å². The highest BCUT2D eigenvalue weighted by Crippen LogP contribution is 2.16. The van der Waals surface area contributed by atoms with Crippen molar-refractivity contribution in [1.82, 2.24) is 14.9 Å². The number of nitrogens with zero attached hydrogens (tertiary/aromatic N) is 2. The van der Waals surface area contributed by atoms with Crippen LogP contribution in [0.3, 0.4) is 0 Å². The molecular weight excluding hydrogens is 327 g/mol. The van der Waals surface area contributed by atoms with Crippen LogP contribution in [0, 0.1) is 0 Å². The Morgan fingerprint density at radius 2 is 2.04 bits per heavy atom. The second-order valence-electron chi connectivity index (χ2n) is 5.29. The summed E-state index contributed by atoms with van der Waals surface area (Å²) in [6.07, 6.45) is -5.76. The number of hydrogen-bond donors (Lipinski definition) is 1. The third kappa shape index (κ3) is 4.54. The molecule has 2 rings (SSSR count). The van der Waals surface area contributed by atoms with Crippen molar-refractivity contribution in [3.8, 4) is 0 Å². The van der Waals surface area contributed by atoms with Crippen molar-refractivity contribution >= 4 is 16.8 Å². The summed E-state index contributed by atoms with van der Waals surface area (Å²) in [5.41, 5.74) is 0.122. The van der Waals surface area contributed by atoms with Crippen molar-refractivity contribution in [2.24, 2.45) is 0 Å². The van der Waals surface area contributed by atoms with Gasteiger partial charge in [-0.3, -0.25) is 9.59 Å². The van der Waals surface area contributed by atoms with E-state index in [9.17, 15) is 22.8 Å². The van der Waals surface area contributed by atoms with E-state index in [0.29, 0.717) is 10.9 Å². The number of alkyl halides is 3. The molecule has 0 saturated carbocycles. The standard InChI is InChI=1S/C15H16F3N3O3/c1-9(24-8-15(16,17)18)14(23)21(2)7-12-19-11-6-4-3-5-10(11)13(22)20-12/h3-6,9H,7-8H2,1-2H3,(H,19,20,22). The molecule has 24 heavy (non-hydrogen) atoms. The van der Waals surface area contributed by atoms with Crippen molar-refractivity contribution in [3.63, 3.8) is 0 Å². The number of rotatable bonds is 5. The summed E-state index contributed by atoms with van der Waals surface area (Å²) in [5.74, 6) is -0.410. The molecular formula is C15H16F3N3O3. The fourth-order valence-corrected chi connectivity index (χ4v) is 2.11. The van der Waals surface area contributed by atoms with Gasteiger partial charge in [0.1, 0.15) is 18.5 Å². The van der Waals surface area contributed by atoms with Crippen LogP contribution in [0.5, 0.6) is 0 Å².